The summed E-state index contributed by atoms with van der Waals surface area (Å²) < 4.78 is 32.5. The molecule has 0 saturated carbocycles. The summed E-state index contributed by atoms with van der Waals surface area (Å²) in [5.74, 6) is -1.24. The van der Waals surface area contributed by atoms with Gasteiger partial charge in [-0.3, -0.25) is 9.59 Å². The van der Waals surface area contributed by atoms with Gasteiger partial charge in [0, 0.05) is 26.2 Å². The van der Waals surface area contributed by atoms with Gasteiger partial charge in [0.25, 0.3) is 11.7 Å². The maximum absolute atomic E-state index is 13.0. The highest BCUT2D eigenvalue weighted by molar-refractivity contribution is 7.89. The Morgan fingerprint density at radius 1 is 1.28 bits per heavy atom. The first-order valence-electron chi connectivity index (χ1n) is 8.42. The average molecular weight is 366 g/mol. The molecule has 1 saturated heterocycles. The second kappa shape index (κ2) is 6.86. The summed E-state index contributed by atoms with van der Waals surface area (Å²) in [4.78, 5) is 25.8. The lowest BCUT2D eigenvalue weighted by Crippen LogP contribution is -2.38. The normalized spacial score (nSPS) is 21.2. The van der Waals surface area contributed by atoms with Crippen molar-refractivity contribution in [3.8, 4) is 0 Å². The van der Waals surface area contributed by atoms with Crippen molar-refractivity contribution in [2.75, 3.05) is 31.7 Å². The van der Waals surface area contributed by atoms with Gasteiger partial charge >= 0.3 is 0 Å². The predicted octanol–water partition coefficient (Wildman–Crippen LogP) is 1.43. The van der Waals surface area contributed by atoms with Crippen LogP contribution in [0.5, 0.6) is 0 Å². The Balaban J connectivity index is 1.97. The minimum Gasteiger partial charge on any atom is -0.383 e. The van der Waals surface area contributed by atoms with E-state index < -0.39 is 21.7 Å². The van der Waals surface area contributed by atoms with Gasteiger partial charge in [0.05, 0.1) is 22.8 Å². The van der Waals surface area contributed by atoms with Gasteiger partial charge in [-0.25, -0.2) is 8.42 Å². The first kappa shape index (κ1) is 18.0. The van der Waals surface area contributed by atoms with Crippen molar-refractivity contribution in [1.29, 1.82) is 0 Å². The van der Waals surface area contributed by atoms with Gasteiger partial charge < -0.3 is 9.64 Å². The Morgan fingerprint density at radius 2 is 2.04 bits per heavy atom. The molecule has 25 heavy (non-hydrogen) atoms. The van der Waals surface area contributed by atoms with Crippen molar-refractivity contribution >= 4 is 27.4 Å². The van der Waals surface area contributed by atoms with E-state index in [4.69, 9.17) is 4.74 Å². The molecule has 2 aliphatic rings. The Kier molecular flexibility index (Phi) is 4.95. The fraction of sp³-hybridized carbons (Fsp3) is 0.529. The van der Waals surface area contributed by atoms with E-state index in [1.165, 1.54) is 21.3 Å². The highest BCUT2D eigenvalue weighted by Crippen LogP contribution is 2.33. The minimum atomic E-state index is -3.73. The summed E-state index contributed by atoms with van der Waals surface area (Å²) >= 11 is 0. The zero-order valence-electron chi connectivity index (χ0n) is 14.4. The number of anilines is 1. The molecule has 0 spiro atoms. The Hall–Kier alpha value is -1.77. The standard InChI is InChI=1S/C17H22N2O5S/c1-3-8-18-15-7-6-13(10-14(15)16(20)17(18)21)25(22,23)19-9-4-5-12(19)11-24-2/h6-7,10,12H,3-5,8-9,11H2,1-2H3/t12-/m0/s1. The summed E-state index contributed by atoms with van der Waals surface area (Å²) in [7, 11) is -2.18. The molecule has 1 fully saturated rings. The fourth-order valence-corrected chi connectivity index (χ4v) is 5.21. The van der Waals surface area contributed by atoms with Gasteiger partial charge in [0.15, 0.2) is 0 Å². The highest BCUT2D eigenvalue weighted by atomic mass is 32.2. The molecule has 8 heteroatoms. The van der Waals surface area contributed by atoms with Crippen molar-refractivity contribution in [1.82, 2.24) is 4.31 Å². The molecule has 0 aromatic heterocycles. The number of nitrogens with zero attached hydrogens (tertiary/aromatic N) is 2. The third-order valence-corrected chi connectivity index (χ3v) is 6.63. The van der Waals surface area contributed by atoms with Crippen LogP contribution < -0.4 is 4.90 Å². The minimum absolute atomic E-state index is 0.0498. The lowest BCUT2D eigenvalue weighted by atomic mass is 10.1. The van der Waals surface area contributed by atoms with Gasteiger partial charge in [0.2, 0.25) is 10.0 Å². The second-order valence-corrected chi connectivity index (χ2v) is 8.22. The fourth-order valence-electron chi connectivity index (χ4n) is 3.51. The third kappa shape index (κ3) is 2.98. The summed E-state index contributed by atoms with van der Waals surface area (Å²) in [6, 6.07) is 4.17. The number of rotatable bonds is 6. The molecule has 7 nitrogen and oxygen atoms in total. The number of carbonyl (C=O) groups is 2. The Bertz CT molecular complexity index is 805. The first-order chi connectivity index (χ1) is 11.9. The number of hydrogen-bond donors (Lipinski definition) is 0. The molecule has 2 aliphatic heterocycles. The number of Topliss-reactive ketones (excluding diaryl/α,β-unsaturated/α-hetero) is 1. The van der Waals surface area contributed by atoms with E-state index in [1.54, 1.807) is 13.2 Å². The van der Waals surface area contributed by atoms with E-state index in [1.807, 2.05) is 6.92 Å². The number of carbonyl (C=O) groups excluding carboxylic acids is 2. The van der Waals surface area contributed by atoms with E-state index in [2.05, 4.69) is 0 Å². The molecule has 0 radical (unpaired) electrons. The molecular formula is C17H22N2O5S. The maximum Gasteiger partial charge on any atom is 0.299 e. The number of fused-ring (bicyclic) bond motifs is 1. The third-order valence-electron chi connectivity index (χ3n) is 4.68. The molecule has 1 aromatic carbocycles. The van der Waals surface area contributed by atoms with Crippen LogP contribution in [0, 0.1) is 0 Å². The van der Waals surface area contributed by atoms with E-state index in [0.717, 1.165) is 12.8 Å². The number of benzene rings is 1. The zero-order chi connectivity index (χ0) is 18.2. The molecule has 0 unspecified atom stereocenters. The first-order valence-corrected chi connectivity index (χ1v) is 9.86. The molecule has 0 aliphatic carbocycles. The average Bonchev–Trinajstić information content (AvgIpc) is 3.15. The van der Waals surface area contributed by atoms with Crippen LogP contribution in [0.3, 0.4) is 0 Å². The number of sulfonamides is 1. The van der Waals surface area contributed by atoms with Crippen molar-refractivity contribution in [3.05, 3.63) is 23.8 Å². The molecular weight excluding hydrogens is 344 g/mol. The van der Waals surface area contributed by atoms with Gasteiger partial charge in [-0.2, -0.15) is 4.31 Å². The number of ether oxygens (including phenoxy) is 1. The number of amides is 1. The van der Waals surface area contributed by atoms with Crippen molar-refractivity contribution in [3.63, 3.8) is 0 Å². The van der Waals surface area contributed by atoms with E-state index in [9.17, 15) is 18.0 Å². The predicted molar refractivity (Wildman–Crippen MR) is 92.2 cm³/mol. The zero-order valence-corrected chi connectivity index (χ0v) is 15.2. The molecule has 3 rings (SSSR count). The Morgan fingerprint density at radius 3 is 2.72 bits per heavy atom. The van der Waals surface area contributed by atoms with Gasteiger partial charge in [0.1, 0.15) is 0 Å². The van der Waals surface area contributed by atoms with Crippen LogP contribution in [0.1, 0.15) is 36.5 Å². The van der Waals surface area contributed by atoms with Crippen molar-refractivity contribution in [2.45, 2.75) is 37.1 Å². The van der Waals surface area contributed by atoms with Crippen molar-refractivity contribution < 1.29 is 22.7 Å². The summed E-state index contributed by atoms with van der Waals surface area (Å²) in [5, 5.41) is 0. The quantitative estimate of drug-likeness (QED) is 0.711. The van der Waals surface area contributed by atoms with E-state index in [0.29, 0.717) is 31.8 Å². The molecule has 136 valence electrons. The molecule has 1 amide bonds. The molecule has 0 N–H and O–H groups in total. The number of hydrogen-bond acceptors (Lipinski definition) is 5. The lowest BCUT2D eigenvalue weighted by molar-refractivity contribution is -0.114. The summed E-state index contributed by atoms with van der Waals surface area (Å²) in [6.45, 7) is 3.12. The second-order valence-electron chi connectivity index (χ2n) is 6.33. The van der Waals surface area contributed by atoms with Crippen LogP contribution in [-0.4, -0.2) is 57.3 Å². The number of methoxy groups -OCH3 is 1. The summed E-state index contributed by atoms with van der Waals surface area (Å²) in [6.07, 6.45) is 2.24. The van der Waals surface area contributed by atoms with Crippen LogP contribution >= 0.6 is 0 Å². The van der Waals surface area contributed by atoms with Crippen LogP contribution in [0.15, 0.2) is 23.1 Å². The van der Waals surface area contributed by atoms with Gasteiger partial charge in [-0.1, -0.05) is 6.92 Å². The van der Waals surface area contributed by atoms with Crippen LogP contribution in [0.2, 0.25) is 0 Å². The monoisotopic (exact) mass is 366 g/mol. The molecule has 1 aromatic rings. The topological polar surface area (TPSA) is 84.0 Å². The maximum atomic E-state index is 13.0. The Labute approximate surface area is 147 Å². The van der Waals surface area contributed by atoms with Crippen LogP contribution in [-0.2, 0) is 19.6 Å². The lowest BCUT2D eigenvalue weighted by Gasteiger charge is -2.23. The highest BCUT2D eigenvalue weighted by Gasteiger charge is 2.39. The van der Waals surface area contributed by atoms with Crippen LogP contribution in [0.25, 0.3) is 0 Å². The van der Waals surface area contributed by atoms with Gasteiger partial charge in [-0.15, -0.1) is 0 Å². The summed E-state index contributed by atoms with van der Waals surface area (Å²) in [5.41, 5.74) is 0.660. The van der Waals surface area contributed by atoms with Crippen LogP contribution in [0.4, 0.5) is 5.69 Å². The number of ketones is 1. The van der Waals surface area contributed by atoms with Gasteiger partial charge in [-0.05, 0) is 37.5 Å². The van der Waals surface area contributed by atoms with E-state index >= 15 is 0 Å². The largest absolute Gasteiger partial charge is 0.383 e. The molecule has 1 atom stereocenters. The van der Waals surface area contributed by atoms with E-state index in [-0.39, 0.29) is 16.5 Å². The molecule has 2 heterocycles. The smallest absolute Gasteiger partial charge is 0.299 e. The SMILES string of the molecule is CCCN1C(=O)C(=O)c2cc(S(=O)(=O)N3CCC[C@H]3COC)ccc21. The van der Waals surface area contributed by atoms with Crippen molar-refractivity contribution in [2.24, 2.45) is 0 Å². The molecule has 0 bridgehead atoms.